The molecule has 0 aromatic heterocycles. The van der Waals surface area contributed by atoms with Crippen LogP contribution in [-0.2, 0) is 23.9 Å². The van der Waals surface area contributed by atoms with Gasteiger partial charge in [-0.25, -0.2) is 0 Å². The molecule has 0 saturated carbocycles. The second kappa shape index (κ2) is 39.9. The van der Waals surface area contributed by atoms with Crippen molar-refractivity contribution in [3.8, 4) is 0 Å². The number of rotatable bonds is 50. The van der Waals surface area contributed by atoms with Crippen LogP contribution in [0.15, 0.2) is 12.2 Å². The van der Waals surface area contributed by atoms with Gasteiger partial charge < -0.3 is 43.7 Å². The van der Waals surface area contributed by atoms with Crippen LogP contribution in [0.1, 0.15) is 286 Å². The minimum Gasteiger partial charge on any atom is -0.544 e. The number of esters is 1. The van der Waals surface area contributed by atoms with Crippen LogP contribution in [0.2, 0.25) is 0 Å². The van der Waals surface area contributed by atoms with Gasteiger partial charge >= 0.3 is 11.9 Å². The third kappa shape index (κ3) is 28.7. The number of unbranched alkanes of at least 4 members (excludes halogenated alkanes) is 27. The number of aliphatic carboxylic acids is 3. The molecule has 0 rings (SSSR count). The van der Waals surface area contributed by atoms with E-state index in [1.54, 1.807) is 34.9 Å². The Labute approximate surface area is 436 Å². The number of carboxylic acids is 3. The number of hydrogen-bond acceptors (Lipinski definition) is 8. The number of carboxylic acid groups (broad SMARTS) is 3. The van der Waals surface area contributed by atoms with Gasteiger partial charge in [0.2, 0.25) is 0 Å². The van der Waals surface area contributed by atoms with Gasteiger partial charge in [-0.2, -0.15) is 0 Å². The van der Waals surface area contributed by atoms with Crippen LogP contribution in [0.25, 0.3) is 0 Å². The van der Waals surface area contributed by atoms with Gasteiger partial charge in [0.05, 0.1) is 46.4 Å². The SMILES string of the molecule is CCCCCCCC/C=C\CCCCCCCCC(C)[N+](C)(C)C(C)(CCCC(=O)OC(C)CC(CC(=O)O)(C(=O)[O-])[N+](C)(C)C(CCCCCCCCCCCCCCCCCC)CC(C)O)C(=O)[O-]. The largest absolute Gasteiger partial charge is 0.544 e. The summed E-state index contributed by atoms with van der Waals surface area (Å²) in [6, 6.07) is -0.355. The fourth-order valence-electron chi connectivity index (χ4n) is 11.0. The van der Waals surface area contributed by atoms with Crippen molar-refractivity contribution in [3.63, 3.8) is 0 Å². The van der Waals surface area contributed by atoms with Crippen molar-refractivity contribution in [2.45, 2.75) is 321 Å². The Morgan fingerprint density at radius 2 is 0.958 bits per heavy atom. The molecule has 6 atom stereocenters. The summed E-state index contributed by atoms with van der Waals surface area (Å²) in [5, 5.41) is 46.8. The Morgan fingerprint density at radius 3 is 1.34 bits per heavy atom. The van der Waals surface area contributed by atoms with Gasteiger partial charge in [0.25, 0.3) is 0 Å². The van der Waals surface area contributed by atoms with Crippen molar-refractivity contribution >= 4 is 23.9 Å². The van der Waals surface area contributed by atoms with Gasteiger partial charge in [-0.1, -0.05) is 180 Å². The van der Waals surface area contributed by atoms with Crippen LogP contribution in [0, 0.1) is 0 Å². The number of likely N-dealkylation sites (N-methyl/N-ethyl adjacent to an activating group) is 2. The summed E-state index contributed by atoms with van der Waals surface area (Å²) in [5.41, 5.74) is -3.23. The molecule has 71 heavy (non-hydrogen) atoms. The monoisotopic (exact) mass is 1010 g/mol. The van der Waals surface area contributed by atoms with Crippen molar-refractivity contribution in [1.82, 2.24) is 0 Å². The average molecular weight is 1010 g/mol. The summed E-state index contributed by atoms with van der Waals surface area (Å²) in [5.74, 6) is -4.62. The molecule has 0 radical (unpaired) electrons. The van der Waals surface area contributed by atoms with Gasteiger partial charge in [-0.3, -0.25) is 9.59 Å². The molecule has 11 heteroatoms. The molecule has 0 spiro atoms. The van der Waals surface area contributed by atoms with Crippen molar-refractivity contribution in [3.05, 3.63) is 12.2 Å². The molecule has 0 aromatic rings. The quantitative estimate of drug-likeness (QED) is 0.0261. The number of nitrogens with zero attached hydrogens (tertiary/aromatic N) is 2. The Kier molecular flexibility index (Phi) is 38.5. The van der Waals surface area contributed by atoms with E-state index in [1.807, 2.05) is 14.1 Å². The van der Waals surface area contributed by atoms with E-state index in [0.29, 0.717) is 6.42 Å². The molecule has 0 bridgehead atoms. The standard InChI is InChI=1S/C60H114N2O9/c1-11-13-15-17-19-21-23-25-27-29-31-33-35-37-39-41-44-51(3)61(7,8)59(6,57(67)68)47-43-46-56(66)71-53(5)49-60(58(69)70,50-55(64)65)62(9,10)54(48-52(4)63)45-42-40-38-36-34-32-30-28-26-24-22-20-18-16-14-12-2/h25,27,51-54,63H,11-24,26,28-50H2,1-10H3,(H-2,64,65,67,68,69,70)/b27-25-. The first-order chi connectivity index (χ1) is 33.7. The van der Waals surface area contributed by atoms with Gasteiger partial charge in [-0.05, 0) is 85.5 Å². The Hall–Kier alpha value is -2.50. The van der Waals surface area contributed by atoms with E-state index in [2.05, 4.69) is 32.9 Å². The molecule has 6 unspecified atom stereocenters. The van der Waals surface area contributed by atoms with Gasteiger partial charge in [-0.15, -0.1) is 0 Å². The molecule has 0 aliphatic rings. The van der Waals surface area contributed by atoms with Crippen molar-refractivity contribution < 1.29 is 53.3 Å². The minimum absolute atomic E-state index is 0.0387. The number of quaternary nitrogens is 2. The molecule has 418 valence electrons. The number of ether oxygens (including phenoxy) is 1. The summed E-state index contributed by atoms with van der Waals surface area (Å²) >= 11 is 0. The first kappa shape index (κ1) is 68.5. The zero-order chi connectivity index (χ0) is 53.6. The maximum atomic E-state index is 13.3. The predicted molar refractivity (Wildman–Crippen MR) is 289 cm³/mol. The Bertz CT molecular complexity index is 1420. The first-order valence-corrected chi connectivity index (χ1v) is 29.5. The summed E-state index contributed by atoms with van der Waals surface area (Å²) in [7, 11) is 7.25. The fourth-order valence-corrected chi connectivity index (χ4v) is 11.0. The topological polar surface area (TPSA) is 164 Å². The lowest BCUT2D eigenvalue weighted by Gasteiger charge is -2.53. The molecule has 0 aromatic carbocycles. The Morgan fingerprint density at radius 1 is 0.563 bits per heavy atom. The predicted octanol–water partition coefficient (Wildman–Crippen LogP) is 12.7. The van der Waals surface area contributed by atoms with E-state index in [1.165, 1.54) is 148 Å². The molecule has 0 fully saturated rings. The zero-order valence-corrected chi connectivity index (χ0v) is 48.0. The van der Waals surface area contributed by atoms with Crippen LogP contribution in [0.3, 0.4) is 0 Å². The highest BCUT2D eigenvalue weighted by molar-refractivity contribution is 5.82. The number of hydrogen-bond donors (Lipinski definition) is 2. The molecule has 0 aliphatic heterocycles. The highest BCUT2D eigenvalue weighted by atomic mass is 16.5. The third-order valence-corrected chi connectivity index (χ3v) is 16.8. The van der Waals surface area contributed by atoms with E-state index in [9.17, 15) is 39.6 Å². The van der Waals surface area contributed by atoms with E-state index >= 15 is 0 Å². The molecular formula is C60H114N2O9. The van der Waals surface area contributed by atoms with Gasteiger partial charge in [0.15, 0.2) is 5.54 Å². The highest BCUT2D eigenvalue weighted by Crippen LogP contribution is 2.38. The van der Waals surface area contributed by atoms with E-state index in [-0.39, 0.29) is 47.1 Å². The smallest absolute Gasteiger partial charge is 0.310 e. The summed E-state index contributed by atoms with van der Waals surface area (Å²) < 4.78 is 5.74. The first-order valence-electron chi connectivity index (χ1n) is 29.5. The summed E-state index contributed by atoms with van der Waals surface area (Å²) in [6.07, 6.45) is 41.0. The maximum absolute atomic E-state index is 13.3. The molecule has 2 N–H and O–H groups in total. The van der Waals surface area contributed by atoms with E-state index < -0.39 is 59.6 Å². The van der Waals surface area contributed by atoms with Crippen molar-refractivity contribution in [1.29, 1.82) is 0 Å². The lowest BCUT2D eigenvalue weighted by molar-refractivity contribution is -0.958. The number of allylic oxidation sites excluding steroid dienone is 2. The van der Waals surface area contributed by atoms with E-state index in [4.69, 9.17) is 4.74 Å². The van der Waals surface area contributed by atoms with Gasteiger partial charge in [0, 0.05) is 25.7 Å². The second-order valence-corrected chi connectivity index (χ2v) is 23.3. The lowest BCUT2D eigenvalue weighted by atomic mass is 9.81. The summed E-state index contributed by atoms with van der Waals surface area (Å²) in [4.78, 5) is 51.9. The maximum Gasteiger partial charge on any atom is 0.310 e. The van der Waals surface area contributed by atoms with Crippen molar-refractivity contribution in [2.75, 3.05) is 28.2 Å². The fraction of sp³-hybridized carbons (Fsp3) is 0.900. The van der Waals surface area contributed by atoms with Crippen LogP contribution < -0.4 is 10.2 Å². The third-order valence-electron chi connectivity index (χ3n) is 16.8. The molecule has 0 saturated heterocycles. The van der Waals surface area contributed by atoms with Crippen LogP contribution in [0.4, 0.5) is 0 Å². The average Bonchev–Trinajstić information content (AvgIpc) is 3.29. The van der Waals surface area contributed by atoms with Gasteiger partial charge in [0.1, 0.15) is 30.0 Å². The second-order valence-electron chi connectivity index (χ2n) is 23.3. The molecule has 0 aliphatic carbocycles. The minimum atomic E-state index is -1.96. The van der Waals surface area contributed by atoms with Crippen molar-refractivity contribution in [2.24, 2.45) is 0 Å². The zero-order valence-electron chi connectivity index (χ0n) is 48.0. The molecule has 11 nitrogen and oxygen atoms in total. The highest BCUT2D eigenvalue weighted by Gasteiger charge is 2.54. The number of aliphatic hydroxyl groups is 1. The molecule has 0 amide bonds. The number of carbonyl (C=O) groups excluding carboxylic acids is 3. The number of aliphatic hydroxyl groups excluding tert-OH is 1. The van der Waals surface area contributed by atoms with Crippen LogP contribution in [0.5, 0.6) is 0 Å². The molecule has 0 heterocycles. The lowest BCUT2D eigenvalue weighted by Crippen LogP contribution is -2.72. The Balaban J connectivity index is 5.20. The summed E-state index contributed by atoms with van der Waals surface area (Å²) in [6.45, 7) is 11.5. The molecular weight excluding hydrogens is 893 g/mol. The van der Waals surface area contributed by atoms with Crippen LogP contribution >= 0.6 is 0 Å². The normalized spacial score (nSPS) is 15.8. The van der Waals surface area contributed by atoms with Crippen LogP contribution in [-0.4, -0.2) is 107 Å². The van der Waals surface area contributed by atoms with E-state index in [0.717, 1.165) is 51.4 Å². The number of carbonyl (C=O) groups is 4.